The highest BCUT2D eigenvalue weighted by atomic mass is 16.3. The molecule has 0 spiro atoms. The molecule has 3 nitrogen and oxygen atoms in total. The fourth-order valence-corrected chi connectivity index (χ4v) is 10.5. The van der Waals surface area contributed by atoms with Gasteiger partial charge in [0, 0.05) is 46.3 Å². The Morgan fingerprint density at radius 2 is 1.45 bits per heavy atom. The molecule has 0 bridgehead atoms. The molecule has 4 atom stereocenters. The maximum absolute atomic E-state index is 6.57. The first-order valence-corrected chi connectivity index (χ1v) is 16.2. The Morgan fingerprint density at radius 3 is 2.10 bits per heavy atom. The highest BCUT2D eigenvalue weighted by Crippen LogP contribution is 2.70. The molecule has 0 N–H and O–H groups in total. The summed E-state index contributed by atoms with van der Waals surface area (Å²) in [7, 11) is 4.90. The van der Waals surface area contributed by atoms with Gasteiger partial charge >= 0.3 is 0 Å². The van der Waals surface area contributed by atoms with Crippen LogP contribution < -0.4 is 9.38 Å². The summed E-state index contributed by atoms with van der Waals surface area (Å²) in [6.45, 7) is 27.3. The summed E-state index contributed by atoms with van der Waals surface area (Å²) in [5.41, 5.74) is 12.6. The molecule has 3 aromatic carbocycles. The summed E-state index contributed by atoms with van der Waals surface area (Å²) < 4.78 is 7.36. The number of quaternary nitrogens is 1. The zero-order chi connectivity index (χ0) is 30.6. The molecule has 42 heavy (non-hydrogen) atoms. The van der Waals surface area contributed by atoms with E-state index < -0.39 is 0 Å². The molecule has 4 aromatic rings. The molecule has 3 aliphatic rings. The monoisotopic (exact) mass is 563 g/mol. The van der Waals surface area contributed by atoms with Crippen LogP contribution in [-0.4, -0.2) is 20.3 Å². The van der Waals surface area contributed by atoms with Gasteiger partial charge in [-0.2, -0.15) is 0 Å². The van der Waals surface area contributed by atoms with Gasteiger partial charge in [0.1, 0.15) is 22.5 Å². The summed E-state index contributed by atoms with van der Waals surface area (Å²) in [5.74, 6) is 0. The smallest absolute Gasteiger partial charge is 0.180 e. The van der Waals surface area contributed by atoms with E-state index in [0.717, 1.165) is 28.5 Å². The summed E-state index contributed by atoms with van der Waals surface area (Å²) in [6, 6.07) is 16.1. The van der Waals surface area contributed by atoms with Crippen molar-refractivity contribution in [2.45, 2.75) is 111 Å². The maximum Gasteiger partial charge on any atom is 0.180 e. The van der Waals surface area contributed by atoms with Gasteiger partial charge in [-0.3, -0.25) is 0 Å². The molecule has 0 saturated carbocycles. The lowest BCUT2D eigenvalue weighted by molar-refractivity contribution is 0.0330. The van der Waals surface area contributed by atoms with Crippen molar-refractivity contribution in [3.8, 4) is 0 Å². The first kappa shape index (κ1) is 28.0. The van der Waals surface area contributed by atoms with Gasteiger partial charge < -0.3 is 9.32 Å². The molecule has 0 amide bonds. The minimum atomic E-state index is -0.000454. The van der Waals surface area contributed by atoms with Crippen molar-refractivity contribution in [2.75, 3.05) is 19.0 Å². The molecule has 7 rings (SSSR count). The normalized spacial score (nSPS) is 31.7. The van der Waals surface area contributed by atoms with Crippen LogP contribution in [0, 0.1) is 17.8 Å². The minimum Gasteiger partial charge on any atom is -0.456 e. The molecule has 3 heterocycles. The maximum atomic E-state index is 6.57. The van der Waals surface area contributed by atoms with E-state index in [1.165, 1.54) is 44.5 Å². The second kappa shape index (κ2) is 7.83. The summed E-state index contributed by atoms with van der Waals surface area (Å²) in [6.07, 6.45) is 2.48. The number of furan rings is 1. The van der Waals surface area contributed by atoms with Crippen LogP contribution in [0.3, 0.4) is 0 Å². The molecule has 4 unspecified atom stereocenters. The molecule has 1 aliphatic carbocycles. The number of fused-ring (bicyclic) bond motifs is 9. The van der Waals surface area contributed by atoms with E-state index in [9.17, 15) is 0 Å². The zero-order valence-electron chi connectivity index (χ0n) is 28.3. The van der Waals surface area contributed by atoms with E-state index in [-0.39, 0.29) is 33.2 Å². The third-order valence-electron chi connectivity index (χ3n) is 14.5. The topological polar surface area (TPSA) is 16.4 Å². The fourth-order valence-electron chi connectivity index (χ4n) is 10.5. The van der Waals surface area contributed by atoms with Crippen molar-refractivity contribution in [3.05, 3.63) is 64.7 Å². The Bertz CT molecular complexity index is 1820. The number of benzene rings is 3. The lowest BCUT2D eigenvalue weighted by Crippen LogP contribution is -2.69. The summed E-state index contributed by atoms with van der Waals surface area (Å²) in [5, 5.41) is 2.46. The number of nitrogens with zero attached hydrogens (tertiary/aromatic N) is 2. The summed E-state index contributed by atoms with van der Waals surface area (Å²) >= 11 is 0. The largest absolute Gasteiger partial charge is 0.456 e. The average Bonchev–Trinajstić information content (AvgIpc) is 3.46. The molecule has 0 radical (unpaired) electrons. The zero-order valence-corrected chi connectivity index (χ0v) is 28.3. The molecule has 2 aliphatic heterocycles. The van der Waals surface area contributed by atoms with Crippen LogP contribution in [0.5, 0.6) is 0 Å². The van der Waals surface area contributed by atoms with E-state index in [1.807, 2.05) is 0 Å². The number of hydrogen-bond donors (Lipinski definition) is 0. The van der Waals surface area contributed by atoms with E-state index >= 15 is 0 Å². The van der Waals surface area contributed by atoms with Crippen LogP contribution in [0.25, 0.3) is 21.9 Å². The molecule has 222 valence electrons. The van der Waals surface area contributed by atoms with Gasteiger partial charge in [0.25, 0.3) is 0 Å². The van der Waals surface area contributed by atoms with Gasteiger partial charge in [-0.25, -0.2) is 4.48 Å². The van der Waals surface area contributed by atoms with Crippen LogP contribution in [0.4, 0.5) is 17.1 Å². The van der Waals surface area contributed by atoms with Crippen molar-refractivity contribution in [2.24, 2.45) is 10.8 Å². The van der Waals surface area contributed by atoms with Crippen LogP contribution in [0.2, 0.25) is 0 Å². The number of para-hydroxylation sites is 1. The van der Waals surface area contributed by atoms with Crippen molar-refractivity contribution in [1.82, 2.24) is 4.48 Å². The average molecular weight is 564 g/mol. The first-order valence-electron chi connectivity index (χ1n) is 16.2. The van der Waals surface area contributed by atoms with Crippen LogP contribution in [0.15, 0.2) is 46.9 Å². The van der Waals surface area contributed by atoms with Gasteiger partial charge in [-0.15, -0.1) is 0 Å². The number of hydrogen-bond acceptors (Lipinski definition) is 2. The van der Waals surface area contributed by atoms with E-state index in [0.29, 0.717) is 0 Å². The SMILES string of the molecule is CCC1(C)c2cc3c(cc2[N+]2(C)c4cc5c(c(C)c4N(C)C2C1(C)CC)C(C)(C)C(C)(C)C5(C)C)oc1ccccc13. The van der Waals surface area contributed by atoms with E-state index in [1.54, 1.807) is 5.56 Å². The van der Waals surface area contributed by atoms with Crippen LogP contribution >= 0.6 is 0 Å². The first-order chi connectivity index (χ1) is 19.5. The van der Waals surface area contributed by atoms with E-state index in [2.05, 4.69) is 138 Å². The second-order valence-corrected chi connectivity index (χ2v) is 16.1. The van der Waals surface area contributed by atoms with Crippen LogP contribution in [0.1, 0.15) is 104 Å². The predicted octanol–water partition coefficient (Wildman–Crippen LogP) is 10.6. The molecule has 1 aromatic heterocycles. The van der Waals surface area contributed by atoms with Crippen LogP contribution in [-0.2, 0) is 16.2 Å². The third-order valence-corrected chi connectivity index (χ3v) is 14.5. The Balaban J connectivity index is 1.64. The standard InChI is InChI=1S/C39H51N2O/c1-14-38(10)26-20-25-24-18-16-17-19-30(24)42-31(25)22-28(26)41(13)29-21-27-32(36(6,7)37(8,9)35(27,4)5)23(3)33(29)40(12)34(41)39(38,11)15-2/h16-22,34H,14-15H2,1-13H3/q+1. The Labute approximate surface area is 253 Å². The number of rotatable bonds is 2. The Hall–Kier alpha value is -2.78. The molecular formula is C39H51N2O+. The lowest BCUT2D eigenvalue weighted by Gasteiger charge is -2.59. The van der Waals surface area contributed by atoms with Gasteiger partial charge in [-0.1, -0.05) is 87.4 Å². The lowest BCUT2D eigenvalue weighted by atomic mass is 9.54. The van der Waals surface area contributed by atoms with Crippen molar-refractivity contribution >= 4 is 39.0 Å². The van der Waals surface area contributed by atoms with Gasteiger partial charge in [0.2, 0.25) is 0 Å². The Morgan fingerprint density at radius 1 is 0.786 bits per heavy atom. The quantitative estimate of drug-likeness (QED) is 0.226. The van der Waals surface area contributed by atoms with E-state index in [4.69, 9.17) is 4.42 Å². The Kier molecular flexibility index (Phi) is 5.22. The van der Waals surface area contributed by atoms with Crippen molar-refractivity contribution in [1.29, 1.82) is 0 Å². The highest BCUT2D eigenvalue weighted by molar-refractivity contribution is 6.07. The minimum absolute atomic E-state index is 0.000454. The third kappa shape index (κ3) is 2.67. The van der Waals surface area contributed by atoms with Crippen molar-refractivity contribution in [3.63, 3.8) is 0 Å². The molecule has 3 heteroatoms. The summed E-state index contributed by atoms with van der Waals surface area (Å²) in [4.78, 5) is 2.70. The highest BCUT2D eigenvalue weighted by Gasteiger charge is 2.69. The fraction of sp³-hybridized carbons (Fsp3) is 0.538. The van der Waals surface area contributed by atoms with Gasteiger partial charge in [0.15, 0.2) is 11.9 Å². The van der Waals surface area contributed by atoms with Gasteiger partial charge in [-0.05, 0) is 64.8 Å². The number of anilines is 1. The molecular weight excluding hydrogens is 512 g/mol. The predicted molar refractivity (Wildman–Crippen MR) is 180 cm³/mol. The molecule has 0 fully saturated rings. The molecule has 0 saturated heterocycles. The second-order valence-electron chi connectivity index (χ2n) is 16.1. The van der Waals surface area contributed by atoms with Gasteiger partial charge in [0.05, 0.1) is 7.05 Å². The van der Waals surface area contributed by atoms with Crippen molar-refractivity contribution < 1.29 is 4.42 Å².